The van der Waals surface area contributed by atoms with Crippen LogP contribution in [0.3, 0.4) is 0 Å². The number of furan rings is 1. The Morgan fingerprint density at radius 2 is 1.75 bits per heavy atom. The van der Waals surface area contributed by atoms with E-state index in [1.165, 1.54) is 17.5 Å². The first kappa shape index (κ1) is 14.9. The van der Waals surface area contributed by atoms with Gasteiger partial charge in [0.05, 0.1) is 12.3 Å². The first-order chi connectivity index (χ1) is 9.76. The lowest BCUT2D eigenvalue weighted by Crippen LogP contribution is -2.22. The molecular weight excluding hydrogens is 246 g/mol. The fourth-order valence-corrected chi connectivity index (χ4v) is 2.38. The van der Waals surface area contributed by atoms with Gasteiger partial charge in [-0.2, -0.15) is 0 Å². The molecule has 2 unspecified atom stereocenters. The lowest BCUT2D eigenvalue weighted by atomic mass is 9.95. The molecule has 2 atom stereocenters. The van der Waals surface area contributed by atoms with Crippen LogP contribution in [0.1, 0.15) is 62.5 Å². The van der Waals surface area contributed by atoms with Crippen LogP contribution in [0.2, 0.25) is 0 Å². The number of hydrogen-bond donors (Lipinski definition) is 1. The highest BCUT2D eigenvalue weighted by Crippen LogP contribution is 2.25. The normalized spacial score (nSPS) is 14.2. The molecule has 0 spiro atoms. The highest BCUT2D eigenvalue weighted by molar-refractivity contribution is 5.31. The largest absolute Gasteiger partial charge is 0.467 e. The third-order valence-electron chi connectivity index (χ3n) is 3.88. The summed E-state index contributed by atoms with van der Waals surface area (Å²) in [5.41, 5.74) is 2.67. The molecule has 1 aromatic carbocycles. The lowest BCUT2D eigenvalue weighted by Gasteiger charge is -2.18. The molecule has 0 saturated carbocycles. The predicted molar refractivity (Wildman–Crippen MR) is 84.0 cm³/mol. The molecule has 1 N–H and O–H groups in total. The summed E-state index contributed by atoms with van der Waals surface area (Å²) in [6, 6.07) is 13.1. The van der Waals surface area contributed by atoms with Gasteiger partial charge in [-0.15, -0.1) is 0 Å². The molecule has 0 aliphatic rings. The van der Waals surface area contributed by atoms with Crippen LogP contribution >= 0.6 is 0 Å². The van der Waals surface area contributed by atoms with Gasteiger partial charge in [0.2, 0.25) is 0 Å². The molecule has 0 aliphatic heterocycles. The SMILES string of the molecule is CCCNC(c1ccc(C(C)CC)cc1)c1ccco1. The van der Waals surface area contributed by atoms with E-state index in [9.17, 15) is 0 Å². The zero-order valence-electron chi connectivity index (χ0n) is 12.7. The van der Waals surface area contributed by atoms with Crippen LogP contribution in [0, 0.1) is 0 Å². The molecule has 108 valence electrons. The van der Waals surface area contributed by atoms with E-state index >= 15 is 0 Å². The van der Waals surface area contributed by atoms with E-state index < -0.39 is 0 Å². The molecule has 20 heavy (non-hydrogen) atoms. The molecule has 0 amide bonds. The topological polar surface area (TPSA) is 25.2 Å². The highest BCUT2D eigenvalue weighted by atomic mass is 16.3. The average molecular weight is 271 g/mol. The summed E-state index contributed by atoms with van der Waals surface area (Å²) in [5, 5.41) is 3.56. The van der Waals surface area contributed by atoms with E-state index in [0.717, 1.165) is 18.7 Å². The molecule has 2 aromatic rings. The van der Waals surface area contributed by atoms with Crippen molar-refractivity contribution in [1.29, 1.82) is 0 Å². The zero-order valence-corrected chi connectivity index (χ0v) is 12.7. The van der Waals surface area contributed by atoms with Crippen LogP contribution in [-0.4, -0.2) is 6.54 Å². The summed E-state index contributed by atoms with van der Waals surface area (Å²) in [4.78, 5) is 0. The number of nitrogens with one attached hydrogen (secondary N) is 1. The Morgan fingerprint density at radius 3 is 2.30 bits per heavy atom. The van der Waals surface area contributed by atoms with Gasteiger partial charge in [-0.25, -0.2) is 0 Å². The third-order valence-corrected chi connectivity index (χ3v) is 3.88. The molecular formula is C18H25NO. The van der Waals surface area contributed by atoms with Crippen LogP contribution < -0.4 is 5.32 Å². The number of hydrogen-bond acceptors (Lipinski definition) is 2. The number of benzene rings is 1. The Labute approximate surface area is 122 Å². The van der Waals surface area contributed by atoms with Crippen molar-refractivity contribution in [2.24, 2.45) is 0 Å². The van der Waals surface area contributed by atoms with Crippen LogP contribution in [0.15, 0.2) is 47.1 Å². The lowest BCUT2D eigenvalue weighted by molar-refractivity contribution is 0.446. The molecule has 2 heteroatoms. The Morgan fingerprint density at radius 1 is 1.05 bits per heavy atom. The summed E-state index contributed by atoms with van der Waals surface area (Å²) >= 11 is 0. The fraction of sp³-hybridized carbons (Fsp3) is 0.444. The van der Waals surface area contributed by atoms with Gasteiger partial charge in [0, 0.05) is 0 Å². The molecule has 0 bridgehead atoms. The predicted octanol–water partition coefficient (Wildman–Crippen LogP) is 4.88. The second kappa shape index (κ2) is 7.30. The minimum absolute atomic E-state index is 0.149. The quantitative estimate of drug-likeness (QED) is 0.776. The summed E-state index contributed by atoms with van der Waals surface area (Å²) in [7, 11) is 0. The van der Waals surface area contributed by atoms with Crippen molar-refractivity contribution >= 4 is 0 Å². The van der Waals surface area contributed by atoms with Crippen LogP contribution in [0.25, 0.3) is 0 Å². The van der Waals surface area contributed by atoms with Crippen molar-refractivity contribution in [1.82, 2.24) is 5.32 Å². The van der Waals surface area contributed by atoms with Crippen LogP contribution in [-0.2, 0) is 0 Å². The van der Waals surface area contributed by atoms with Gasteiger partial charge in [-0.3, -0.25) is 0 Å². The van der Waals surface area contributed by atoms with Gasteiger partial charge in [0.1, 0.15) is 5.76 Å². The van der Waals surface area contributed by atoms with Crippen molar-refractivity contribution in [2.75, 3.05) is 6.54 Å². The van der Waals surface area contributed by atoms with Gasteiger partial charge in [0.25, 0.3) is 0 Å². The highest BCUT2D eigenvalue weighted by Gasteiger charge is 2.16. The van der Waals surface area contributed by atoms with Crippen LogP contribution in [0.5, 0.6) is 0 Å². The van der Waals surface area contributed by atoms with Gasteiger partial charge < -0.3 is 9.73 Å². The molecule has 1 heterocycles. The van der Waals surface area contributed by atoms with Gasteiger partial charge >= 0.3 is 0 Å². The minimum atomic E-state index is 0.149. The smallest absolute Gasteiger partial charge is 0.125 e. The van der Waals surface area contributed by atoms with E-state index in [1.807, 2.05) is 12.1 Å². The van der Waals surface area contributed by atoms with E-state index in [0.29, 0.717) is 5.92 Å². The van der Waals surface area contributed by atoms with Crippen molar-refractivity contribution in [3.8, 4) is 0 Å². The van der Waals surface area contributed by atoms with Crippen LogP contribution in [0.4, 0.5) is 0 Å². The monoisotopic (exact) mass is 271 g/mol. The molecule has 1 aromatic heterocycles. The second-order valence-corrected chi connectivity index (χ2v) is 5.38. The molecule has 0 fully saturated rings. The Kier molecular flexibility index (Phi) is 5.42. The van der Waals surface area contributed by atoms with Gasteiger partial charge in [-0.05, 0) is 48.6 Å². The summed E-state index contributed by atoms with van der Waals surface area (Å²) in [5.74, 6) is 1.60. The Bertz CT molecular complexity index is 487. The maximum Gasteiger partial charge on any atom is 0.125 e. The maximum atomic E-state index is 5.58. The summed E-state index contributed by atoms with van der Waals surface area (Å²) in [6.45, 7) is 7.66. The Hall–Kier alpha value is -1.54. The Balaban J connectivity index is 2.20. The summed E-state index contributed by atoms with van der Waals surface area (Å²) in [6.07, 6.45) is 4.03. The standard InChI is InChI=1S/C18H25NO/c1-4-12-19-18(17-7-6-13-20-17)16-10-8-15(9-11-16)14(3)5-2/h6-11,13-14,18-19H,4-5,12H2,1-3H3. The van der Waals surface area contributed by atoms with E-state index in [2.05, 4.69) is 50.4 Å². The fourth-order valence-electron chi connectivity index (χ4n) is 2.38. The molecule has 2 nitrogen and oxygen atoms in total. The van der Waals surface area contributed by atoms with E-state index in [4.69, 9.17) is 4.42 Å². The maximum absolute atomic E-state index is 5.58. The van der Waals surface area contributed by atoms with Crippen molar-refractivity contribution in [2.45, 2.75) is 45.6 Å². The van der Waals surface area contributed by atoms with E-state index in [-0.39, 0.29) is 6.04 Å². The molecule has 0 radical (unpaired) electrons. The van der Waals surface area contributed by atoms with Gasteiger partial charge in [-0.1, -0.05) is 45.0 Å². The third kappa shape index (κ3) is 3.51. The van der Waals surface area contributed by atoms with Crippen molar-refractivity contribution in [3.63, 3.8) is 0 Å². The molecule has 2 rings (SSSR count). The number of rotatable bonds is 7. The second-order valence-electron chi connectivity index (χ2n) is 5.38. The first-order valence-corrected chi connectivity index (χ1v) is 7.62. The molecule has 0 saturated heterocycles. The first-order valence-electron chi connectivity index (χ1n) is 7.62. The van der Waals surface area contributed by atoms with Gasteiger partial charge in [0.15, 0.2) is 0 Å². The average Bonchev–Trinajstić information content (AvgIpc) is 3.01. The van der Waals surface area contributed by atoms with Crippen molar-refractivity contribution in [3.05, 3.63) is 59.5 Å². The summed E-state index contributed by atoms with van der Waals surface area (Å²) < 4.78 is 5.58. The zero-order chi connectivity index (χ0) is 14.4. The van der Waals surface area contributed by atoms with Crippen molar-refractivity contribution < 1.29 is 4.42 Å². The van der Waals surface area contributed by atoms with E-state index in [1.54, 1.807) is 6.26 Å². The molecule has 0 aliphatic carbocycles. The minimum Gasteiger partial charge on any atom is -0.467 e.